The van der Waals surface area contributed by atoms with E-state index in [-0.39, 0.29) is 0 Å². The number of fused-ring (bicyclic) bond motifs is 1. The zero-order valence-electron chi connectivity index (χ0n) is 23.6. The molecule has 0 unspecified atom stereocenters. The average molecular weight is 528 g/mol. The van der Waals surface area contributed by atoms with Crippen molar-refractivity contribution in [3.05, 3.63) is 162 Å². The highest BCUT2D eigenvalue weighted by Crippen LogP contribution is 2.38. The Morgan fingerprint density at radius 1 is 0.366 bits per heavy atom. The maximum atomic E-state index is 2.36. The Morgan fingerprint density at radius 2 is 0.756 bits per heavy atom. The summed E-state index contributed by atoms with van der Waals surface area (Å²) in [6.45, 7) is 4.29. The molecule has 0 radical (unpaired) electrons. The van der Waals surface area contributed by atoms with Crippen LogP contribution in [0.5, 0.6) is 0 Å². The first-order chi connectivity index (χ1) is 20.1. The summed E-state index contributed by atoms with van der Waals surface area (Å²) >= 11 is 0. The van der Waals surface area contributed by atoms with Gasteiger partial charge in [-0.05, 0) is 108 Å². The Labute approximate surface area is 243 Å². The molecule has 0 heterocycles. The highest BCUT2D eigenvalue weighted by Gasteiger charge is 2.16. The SMILES string of the molecule is Cc1cccc(-c2ccc(N(c3ccc(-c4cccc(C)c4)cc3)c3ccc(-c4ccc5c(c4)CC5)cc3)cc2)c1. The molecule has 0 saturated carbocycles. The number of rotatable bonds is 6. The molecule has 1 aliphatic rings. The number of aryl methyl sites for hydroxylation is 4. The van der Waals surface area contributed by atoms with Crippen LogP contribution in [0.4, 0.5) is 17.1 Å². The summed E-state index contributed by atoms with van der Waals surface area (Å²) in [6, 6.07) is 51.2. The van der Waals surface area contributed by atoms with Crippen molar-refractivity contribution >= 4 is 17.1 Å². The zero-order valence-corrected chi connectivity index (χ0v) is 23.6. The van der Waals surface area contributed by atoms with Gasteiger partial charge in [0.1, 0.15) is 0 Å². The van der Waals surface area contributed by atoms with Crippen molar-refractivity contribution in [1.82, 2.24) is 0 Å². The third-order valence-electron chi connectivity index (χ3n) is 8.28. The third-order valence-corrected chi connectivity index (χ3v) is 8.28. The maximum Gasteiger partial charge on any atom is 0.0462 e. The first kappa shape index (κ1) is 25.1. The lowest BCUT2D eigenvalue weighted by Crippen LogP contribution is -2.10. The molecule has 0 amide bonds. The Balaban J connectivity index is 1.26. The maximum absolute atomic E-state index is 2.36. The molecule has 0 aliphatic heterocycles. The van der Waals surface area contributed by atoms with Crippen LogP contribution >= 0.6 is 0 Å². The molecule has 7 rings (SSSR count). The van der Waals surface area contributed by atoms with E-state index in [0.717, 1.165) is 17.1 Å². The summed E-state index contributed by atoms with van der Waals surface area (Å²) in [5.74, 6) is 0. The summed E-state index contributed by atoms with van der Waals surface area (Å²) < 4.78 is 0. The molecule has 0 fully saturated rings. The van der Waals surface area contributed by atoms with Gasteiger partial charge in [0.2, 0.25) is 0 Å². The Bertz CT molecular complexity index is 1740. The van der Waals surface area contributed by atoms with Crippen LogP contribution in [-0.4, -0.2) is 0 Å². The standard InChI is InChI=1S/C40H33N/c1-28-5-3-7-34(25-28)31-13-19-38(20-14-31)41(39-21-15-32(16-22-39)35-8-4-6-29(2)26-35)40-23-17-33(18-24-40)37-12-10-30-9-11-36(30)27-37/h3-8,10,12-27H,9,11H2,1-2H3. The number of hydrogen-bond acceptors (Lipinski definition) is 1. The van der Waals surface area contributed by atoms with Crippen LogP contribution in [0.25, 0.3) is 33.4 Å². The second-order valence-electron chi connectivity index (χ2n) is 11.2. The van der Waals surface area contributed by atoms with Crippen LogP contribution in [0.3, 0.4) is 0 Å². The van der Waals surface area contributed by atoms with Gasteiger partial charge >= 0.3 is 0 Å². The molecule has 1 heteroatoms. The lowest BCUT2D eigenvalue weighted by Gasteiger charge is -2.26. The minimum Gasteiger partial charge on any atom is -0.311 e. The van der Waals surface area contributed by atoms with E-state index >= 15 is 0 Å². The van der Waals surface area contributed by atoms with Gasteiger partial charge in [0, 0.05) is 17.1 Å². The van der Waals surface area contributed by atoms with Crippen molar-refractivity contribution in [2.45, 2.75) is 26.7 Å². The van der Waals surface area contributed by atoms with Crippen LogP contribution in [0.2, 0.25) is 0 Å². The molecule has 0 saturated heterocycles. The lowest BCUT2D eigenvalue weighted by atomic mass is 9.86. The van der Waals surface area contributed by atoms with E-state index in [0.29, 0.717) is 0 Å². The lowest BCUT2D eigenvalue weighted by molar-refractivity contribution is 0.840. The van der Waals surface area contributed by atoms with Gasteiger partial charge in [-0.1, -0.05) is 114 Å². The van der Waals surface area contributed by atoms with Crippen molar-refractivity contribution in [3.63, 3.8) is 0 Å². The Morgan fingerprint density at radius 3 is 1.12 bits per heavy atom. The monoisotopic (exact) mass is 527 g/mol. The summed E-state index contributed by atoms with van der Waals surface area (Å²) in [5.41, 5.74) is 16.5. The number of anilines is 3. The molecule has 0 spiro atoms. The molecule has 0 bridgehead atoms. The normalized spacial score (nSPS) is 12.0. The van der Waals surface area contributed by atoms with E-state index in [1.807, 2.05) is 0 Å². The van der Waals surface area contributed by atoms with Gasteiger partial charge in [0.05, 0.1) is 0 Å². The molecule has 198 valence electrons. The molecule has 41 heavy (non-hydrogen) atoms. The predicted octanol–water partition coefficient (Wildman–Crippen LogP) is 10.9. The Hall–Kier alpha value is -4.88. The van der Waals surface area contributed by atoms with E-state index in [1.165, 1.54) is 68.5 Å². The quantitative estimate of drug-likeness (QED) is 0.208. The highest BCUT2D eigenvalue weighted by atomic mass is 15.1. The van der Waals surface area contributed by atoms with Crippen molar-refractivity contribution in [1.29, 1.82) is 0 Å². The fourth-order valence-corrected chi connectivity index (χ4v) is 5.88. The fraction of sp³-hybridized carbons (Fsp3) is 0.100. The van der Waals surface area contributed by atoms with E-state index in [2.05, 4.69) is 158 Å². The van der Waals surface area contributed by atoms with Gasteiger partial charge in [-0.3, -0.25) is 0 Å². The second kappa shape index (κ2) is 10.6. The summed E-state index contributed by atoms with van der Waals surface area (Å²) in [4.78, 5) is 2.35. The van der Waals surface area contributed by atoms with Crippen LogP contribution in [0, 0.1) is 13.8 Å². The highest BCUT2D eigenvalue weighted by molar-refractivity contribution is 5.81. The first-order valence-corrected chi connectivity index (χ1v) is 14.5. The van der Waals surface area contributed by atoms with Gasteiger partial charge in [-0.15, -0.1) is 0 Å². The van der Waals surface area contributed by atoms with Crippen molar-refractivity contribution in [3.8, 4) is 33.4 Å². The molecule has 1 aliphatic carbocycles. The average Bonchev–Trinajstić information content (AvgIpc) is 2.99. The summed E-state index contributed by atoms with van der Waals surface area (Å²) in [5, 5.41) is 0. The number of nitrogens with zero attached hydrogens (tertiary/aromatic N) is 1. The first-order valence-electron chi connectivity index (χ1n) is 14.5. The smallest absolute Gasteiger partial charge is 0.0462 e. The van der Waals surface area contributed by atoms with Gasteiger partial charge in [-0.25, -0.2) is 0 Å². The molecule has 6 aromatic carbocycles. The molecular weight excluding hydrogens is 494 g/mol. The van der Waals surface area contributed by atoms with E-state index in [4.69, 9.17) is 0 Å². The third kappa shape index (κ3) is 5.08. The Kier molecular flexibility index (Phi) is 6.49. The minimum atomic E-state index is 1.14. The predicted molar refractivity (Wildman–Crippen MR) is 174 cm³/mol. The van der Waals surface area contributed by atoms with E-state index in [1.54, 1.807) is 0 Å². The minimum absolute atomic E-state index is 1.14. The van der Waals surface area contributed by atoms with Crippen molar-refractivity contribution < 1.29 is 0 Å². The molecule has 0 N–H and O–H groups in total. The van der Waals surface area contributed by atoms with Crippen LogP contribution in [0.15, 0.2) is 140 Å². The van der Waals surface area contributed by atoms with Crippen LogP contribution in [0.1, 0.15) is 22.3 Å². The molecular formula is C40H33N. The molecule has 1 nitrogen and oxygen atoms in total. The molecule has 0 aromatic heterocycles. The second-order valence-corrected chi connectivity index (χ2v) is 11.2. The molecule has 6 aromatic rings. The van der Waals surface area contributed by atoms with E-state index in [9.17, 15) is 0 Å². The van der Waals surface area contributed by atoms with Gasteiger partial charge in [-0.2, -0.15) is 0 Å². The number of hydrogen-bond donors (Lipinski definition) is 0. The van der Waals surface area contributed by atoms with Crippen LogP contribution in [-0.2, 0) is 12.8 Å². The molecule has 0 atom stereocenters. The van der Waals surface area contributed by atoms with Crippen molar-refractivity contribution in [2.75, 3.05) is 4.90 Å². The topological polar surface area (TPSA) is 3.24 Å². The zero-order chi connectivity index (χ0) is 27.8. The number of benzene rings is 6. The van der Waals surface area contributed by atoms with Crippen molar-refractivity contribution in [2.24, 2.45) is 0 Å². The van der Waals surface area contributed by atoms with Gasteiger partial charge in [0.15, 0.2) is 0 Å². The van der Waals surface area contributed by atoms with Gasteiger partial charge < -0.3 is 4.90 Å². The van der Waals surface area contributed by atoms with Crippen LogP contribution < -0.4 is 4.90 Å². The largest absolute Gasteiger partial charge is 0.311 e. The van der Waals surface area contributed by atoms with Gasteiger partial charge in [0.25, 0.3) is 0 Å². The summed E-state index contributed by atoms with van der Waals surface area (Å²) in [6.07, 6.45) is 2.42. The summed E-state index contributed by atoms with van der Waals surface area (Å²) in [7, 11) is 0. The fourth-order valence-electron chi connectivity index (χ4n) is 5.88. The van der Waals surface area contributed by atoms with E-state index < -0.39 is 0 Å².